The van der Waals surface area contributed by atoms with E-state index in [4.69, 9.17) is 9.47 Å². The maximum Gasteiger partial charge on any atom is 0.339 e. The molecular weight excluding hydrogens is 372 g/mol. The number of aromatic hydroxyl groups is 1. The van der Waals surface area contributed by atoms with Crippen LogP contribution >= 0.6 is 0 Å². The Bertz CT molecular complexity index is 1140. The van der Waals surface area contributed by atoms with E-state index in [2.05, 4.69) is 15.4 Å². The van der Waals surface area contributed by atoms with Crippen LogP contribution in [0.4, 0.5) is 5.95 Å². The molecule has 0 unspecified atom stereocenters. The van der Waals surface area contributed by atoms with Crippen LogP contribution in [0.15, 0.2) is 60.4 Å². The molecule has 2 aliphatic heterocycles. The quantitative estimate of drug-likeness (QED) is 0.649. The molecule has 2 N–H and O–H groups in total. The van der Waals surface area contributed by atoms with Crippen LogP contribution in [0, 0.1) is 0 Å². The number of hydrogen-bond acceptors (Lipinski definition) is 7. The normalized spacial score (nSPS) is 22.0. The molecular formula is C21H18N4O4. The molecule has 8 nitrogen and oxygen atoms in total. The zero-order valence-corrected chi connectivity index (χ0v) is 15.6. The molecule has 2 aliphatic rings. The largest absolute Gasteiger partial charge is 0.508 e. The van der Waals surface area contributed by atoms with Crippen molar-refractivity contribution in [2.45, 2.75) is 18.2 Å². The Balaban J connectivity index is 1.71. The van der Waals surface area contributed by atoms with Gasteiger partial charge in [-0.3, -0.25) is 0 Å². The summed E-state index contributed by atoms with van der Waals surface area (Å²) in [5.74, 6) is 0.685. The number of nitrogens with zero attached hydrogens (tertiary/aromatic N) is 3. The molecule has 2 aromatic carbocycles. The van der Waals surface area contributed by atoms with Crippen LogP contribution in [0.5, 0.6) is 11.5 Å². The van der Waals surface area contributed by atoms with Gasteiger partial charge in [0.15, 0.2) is 0 Å². The van der Waals surface area contributed by atoms with Crippen molar-refractivity contribution in [3.63, 3.8) is 0 Å². The van der Waals surface area contributed by atoms with Gasteiger partial charge in [0.2, 0.25) is 11.7 Å². The summed E-state index contributed by atoms with van der Waals surface area (Å²) in [6, 6.07) is 14.1. The molecule has 0 bridgehead atoms. The molecule has 1 spiro atoms. The van der Waals surface area contributed by atoms with E-state index in [1.165, 1.54) is 13.4 Å². The van der Waals surface area contributed by atoms with Crippen LogP contribution in [0.1, 0.15) is 23.6 Å². The topological polar surface area (TPSA) is 98.5 Å². The minimum absolute atomic E-state index is 0.146. The van der Waals surface area contributed by atoms with Crippen molar-refractivity contribution in [1.29, 1.82) is 0 Å². The molecule has 0 fully saturated rings. The lowest BCUT2D eigenvalue weighted by molar-refractivity contribution is -0.140. The standard InChI is InChI=1S/C21H18N4O4/c1-28-19(27)15-10-13-6-2-5-9-18(13)29-21(15)11-16(14-7-3-4-8-17(14)26)24-20-22-12-23-25(20)21/h2-10,12,16,26H,11H2,1H3,(H,22,23,24)/t16-,21-/m1/s1. The highest BCUT2D eigenvalue weighted by Gasteiger charge is 2.52. The van der Waals surface area contributed by atoms with Gasteiger partial charge in [0.25, 0.3) is 0 Å². The summed E-state index contributed by atoms with van der Waals surface area (Å²) in [6.07, 6.45) is 3.45. The third-order valence-corrected chi connectivity index (χ3v) is 5.31. The fourth-order valence-electron chi connectivity index (χ4n) is 3.98. The van der Waals surface area contributed by atoms with Crippen LogP contribution in [-0.2, 0) is 15.3 Å². The van der Waals surface area contributed by atoms with Crippen molar-refractivity contribution in [2.75, 3.05) is 12.4 Å². The number of benzene rings is 2. The van der Waals surface area contributed by atoms with E-state index < -0.39 is 11.7 Å². The Kier molecular flexibility index (Phi) is 3.80. The zero-order valence-electron chi connectivity index (χ0n) is 15.6. The highest BCUT2D eigenvalue weighted by Crippen LogP contribution is 2.48. The number of rotatable bonds is 2. The molecule has 2 atom stereocenters. The Morgan fingerprint density at radius 2 is 2.07 bits per heavy atom. The monoisotopic (exact) mass is 390 g/mol. The molecule has 0 amide bonds. The number of esters is 1. The lowest BCUT2D eigenvalue weighted by Gasteiger charge is -2.44. The number of ether oxygens (including phenoxy) is 2. The van der Waals surface area contributed by atoms with E-state index in [-0.39, 0.29) is 18.2 Å². The molecule has 146 valence electrons. The number of methoxy groups -OCH3 is 1. The second-order valence-corrected chi connectivity index (χ2v) is 6.93. The Hall–Kier alpha value is -3.81. The summed E-state index contributed by atoms with van der Waals surface area (Å²) in [7, 11) is 1.33. The van der Waals surface area contributed by atoms with Gasteiger partial charge < -0.3 is 19.9 Å². The summed E-state index contributed by atoms with van der Waals surface area (Å²) in [6.45, 7) is 0. The highest BCUT2D eigenvalue weighted by molar-refractivity contribution is 5.96. The van der Waals surface area contributed by atoms with Crippen LogP contribution in [0.3, 0.4) is 0 Å². The van der Waals surface area contributed by atoms with Gasteiger partial charge in [-0.05, 0) is 18.2 Å². The minimum Gasteiger partial charge on any atom is -0.508 e. The van der Waals surface area contributed by atoms with Gasteiger partial charge >= 0.3 is 5.97 Å². The predicted molar refractivity (Wildman–Crippen MR) is 104 cm³/mol. The van der Waals surface area contributed by atoms with Crippen LogP contribution < -0.4 is 10.1 Å². The number of aromatic nitrogens is 3. The molecule has 5 rings (SSSR count). The average molecular weight is 390 g/mol. The first-order valence-corrected chi connectivity index (χ1v) is 9.16. The molecule has 29 heavy (non-hydrogen) atoms. The lowest BCUT2D eigenvalue weighted by Crippen LogP contribution is -2.51. The van der Waals surface area contributed by atoms with E-state index in [9.17, 15) is 9.90 Å². The van der Waals surface area contributed by atoms with Gasteiger partial charge in [0.1, 0.15) is 23.4 Å². The first kappa shape index (κ1) is 17.3. The predicted octanol–water partition coefficient (Wildman–Crippen LogP) is 2.84. The average Bonchev–Trinajstić information content (AvgIpc) is 3.22. The van der Waals surface area contributed by atoms with Crippen molar-refractivity contribution in [1.82, 2.24) is 14.8 Å². The van der Waals surface area contributed by atoms with Gasteiger partial charge in [-0.1, -0.05) is 36.4 Å². The zero-order chi connectivity index (χ0) is 20.0. The van der Waals surface area contributed by atoms with E-state index >= 15 is 0 Å². The number of anilines is 1. The lowest BCUT2D eigenvalue weighted by atomic mass is 9.86. The first-order valence-electron chi connectivity index (χ1n) is 9.16. The molecule has 0 aliphatic carbocycles. The van der Waals surface area contributed by atoms with Crippen molar-refractivity contribution < 1.29 is 19.4 Å². The number of fused-ring (bicyclic) bond motifs is 3. The third kappa shape index (κ3) is 2.56. The first-order chi connectivity index (χ1) is 14.1. The number of phenolic OH excluding ortho intramolecular Hbond substituents is 1. The highest BCUT2D eigenvalue weighted by atomic mass is 16.5. The van der Waals surface area contributed by atoms with Crippen LogP contribution in [0.25, 0.3) is 6.08 Å². The van der Waals surface area contributed by atoms with Crippen molar-refractivity contribution in [3.8, 4) is 11.5 Å². The number of para-hydroxylation sites is 2. The smallest absolute Gasteiger partial charge is 0.339 e. The molecule has 0 radical (unpaired) electrons. The number of phenols is 1. The van der Waals surface area contributed by atoms with Crippen LogP contribution in [-0.4, -0.2) is 33.0 Å². The van der Waals surface area contributed by atoms with E-state index in [0.717, 1.165) is 5.56 Å². The van der Waals surface area contributed by atoms with Gasteiger partial charge in [0, 0.05) is 17.5 Å². The maximum atomic E-state index is 12.8. The second-order valence-electron chi connectivity index (χ2n) is 6.93. The minimum atomic E-state index is -1.27. The number of hydrogen-bond donors (Lipinski definition) is 2. The Morgan fingerprint density at radius 1 is 1.28 bits per heavy atom. The molecule has 3 heterocycles. The molecule has 8 heteroatoms. The van der Waals surface area contributed by atoms with Gasteiger partial charge in [-0.2, -0.15) is 14.8 Å². The van der Waals surface area contributed by atoms with Crippen LogP contribution in [0.2, 0.25) is 0 Å². The molecule has 0 saturated carbocycles. The van der Waals surface area contributed by atoms with E-state index in [0.29, 0.717) is 22.8 Å². The summed E-state index contributed by atoms with van der Waals surface area (Å²) >= 11 is 0. The third-order valence-electron chi connectivity index (χ3n) is 5.31. The maximum absolute atomic E-state index is 12.8. The fourth-order valence-corrected chi connectivity index (χ4v) is 3.98. The summed E-state index contributed by atoms with van der Waals surface area (Å²) in [4.78, 5) is 17.1. The number of nitrogens with one attached hydrogen (secondary N) is 1. The SMILES string of the molecule is COC(=O)C1=Cc2ccccc2O[C@]12C[C@H](c1ccccc1O)Nc1ncnn12. The Labute approximate surface area is 166 Å². The fraction of sp³-hybridized carbons (Fsp3) is 0.190. The van der Waals surface area contributed by atoms with Gasteiger partial charge in [-0.15, -0.1) is 0 Å². The van der Waals surface area contributed by atoms with Gasteiger partial charge in [-0.25, -0.2) is 4.79 Å². The van der Waals surface area contributed by atoms with E-state index in [1.807, 2.05) is 36.4 Å². The van der Waals surface area contributed by atoms with Gasteiger partial charge in [0.05, 0.1) is 13.2 Å². The van der Waals surface area contributed by atoms with E-state index in [1.54, 1.807) is 22.9 Å². The summed E-state index contributed by atoms with van der Waals surface area (Å²) in [5.41, 5.74) is 0.490. The molecule has 3 aromatic rings. The van der Waals surface area contributed by atoms with Crippen molar-refractivity contribution >= 4 is 18.0 Å². The van der Waals surface area contributed by atoms with Crippen molar-refractivity contribution in [2.24, 2.45) is 0 Å². The van der Waals surface area contributed by atoms with Crippen molar-refractivity contribution in [3.05, 3.63) is 71.6 Å². The molecule has 1 aromatic heterocycles. The Morgan fingerprint density at radius 3 is 2.90 bits per heavy atom. The second kappa shape index (κ2) is 6.37. The number of carbonyl (C=O) groups excluding carboxylic acids is 1. The summed E-state index contributed by atoms with van der Waals surface area (Å²) in [5, 5.41) is 18.0. The molecule has 0 saturated heterocycles. The number of carbonyl (C=O) groups is 1. The summed E-state index contributed by atoms with van der Waals surface area (Å²) < 4.78 is 13.1.